The van der Waals surface area contributed by atoms with Gasteiger partial charge in [-0.2, -0.15) is 0 Å². The second-order valence-electron chi connectivity index (χ2n) is 6.74. The fraction of sp³-hybridized carbons (Fsp3) is 0.938. The van der Waals surface area contributed by atoms with Crippen molar-refractivity contribution in [3.63, 3.8) is 0 Å². The van der Waals surface area contributed by atoms with Crippen LogP contribution in [0.2, 0.25) is 0 Å². The molecule has 3 atom stereocenters. The molecular formula is C16H33N3O. The van der Waals surface area contributed by atoms with E-state index in [4.69, 9.17) is 0 Å². The number of unbranched alkanes of at least 4 members (excludes halogenated alkanes) is 1. The van der Waals surface area contributed by atoms with Crippen LogP contribution in [0.15, 0.2) is 0 Å². The maximum Gasteiger partial charge on any atom is 0.241 e. The van der Waals surface area contributed by atoms with E-state index in [2.05, 4.69) is 56.9 Å². The van der Waals surface area contributed by atoms with Gasteiger partial charge < -0.3 is 9.80 Å². The first-order valence-corrected chi connectivity index (χ1v) is 8.11. The van der Waals surface area contributed by atoms with Gasteiger partial charge in [-0.05, 0) is 46.3 Å². The lowest BCUT2D eigenvalue weighted by Gasteiger charge is -2.33. The van der Waals surface area contributed by atoms with E-state index < -0.39 is 0 Å². The molecule has 0 radical (unpaired) electrons. The third kappa shape index (κ3) is 4.45. The van der Waals surface area contributed by atoms with Gasteiger partial charge in [-0.3, -0.25) is 10.1 Å². The van der Waals surface area contributed by atoms with Crippen LogP contribution in [0, 0.1) is 5.92 Å². The van der Waals surface area contributed by atoms with Crippen molar-refractivity contribution in [2.24, 2.45) is 5.92 Å². The average molecular weight is 283 g/mol. The lowest BCUT2D eigenvalue weighted by atomic mass is 10.1. The Balaban J connectivity index is 2.70. The van der Waals surface area contributed by atoms with E-state index in [1.807, 2.05) is 0 Å². The van der Waals surface area contributed by atoms with Crippen LogP contribution in [0.4, 0.5) is 0 Å². The van der Waals surface area contributed by atoms with Crippen LogP contribution in [0.25, 0.3) is 0 Å². The van der Waals surface area contributed by atoms with Crippen LogP contribution in [-0.2, 0) is 4.79 Å². The molecule has 118 valence electrons. The normalized spacial score (nSPS) is 25.0. The summed E-state index contributed by atoms with van der Waals surface area (Å²) in [5.41, 5.74) is 0. The SMILES string of the molecule is CCCCC1NC(C(C)C)N(C(C)CCN(C)C)C1=O. The summed E-state index contributed by atoms with van der Waals surface area (Å²) in [4.78, 5) is 17.0. The lowest BCUT2D eigenvalue weighted by molar-refractivity contribution is -0.132. The molecule has 1 saturated heterocycles. The van der Waals surface area contributed by atoms with Gasteiger partial charge in [0.25, 0.3) is 0 Å². The Labute approximate surface area is 124 Å². The topological polar surface area (TPSA) is 35.6 Å². The zero-order chi connectivity index (χ0) is 15.3. The van der Waals surface area contributed by atoms with Gasteiger partial charge in [0.15, 0.2) is 0 Å². The number of nitrogens with one attached hydrogen (secondary N) is 1. The molecule has 3 unspecified atom stereocenters. The van der Waals surface area contributed by atoms with Crippen LogP contribution >= 0.6 is 0 Å². The molecule has 1 N–H and O–H groups in total. The molecule has 0 aliphatic carbocycles. The number of amides is 1. The molecule has 0 bridgehead atoms. The molecule has 0 saturated carbocycles. The van der Waals surface area contributed by atoms with Gasteiger partial charge >= 0.3 is 0 Å². The van der Waals surface area contributed by atoms with E-state index >= 15 is 0 Å². The molecule has 0 aromatic heterocycles. The predicted molar refractivity (Wildman–Crippen MR) is 84.6 cm³/mol. The van der Waals surface area contributed by atoms with Crippen molar-refractivity contribution in [1.29, 1.82) is 0 Å². The van der Waals surface area contributed by atoms with Gasteiger partial charge in [-0.15, -0.1) is 0 Å². The molecular weight excluding hydrogens is 250 g/mol. The highest BCUT2D eigenvalue weighted by molar-refractivity contribution is 5.84. The molecule has 1 aliphatic heterocycles. The number of hydrogen-bond acceptors (Lipinski definition) is 3. The van der Waals surface area contributed by atoms with Crippen molar-refractivity contribution in [2.45, 2.75) is 71.6 Å². The van der Waals surface area contributed by atoms with E-state index in [1.165, 1.54) is 0 Å². The highest BCUT2D eigenvalue weighted by Gasteiger charge is 2.41. The van der Waals surface area contributed by atoms with Gasteiger partial charge in [0.05, 0.1) is 12.2 Å². The van der Waals surface area contributed by atoms with E-state index in [0.717, 1.165) is 32.2 Å². The number of hydrogen-bond donors (Lipinski definition) is 1. The van der Waals surface area contributed by atoms with Crippen molar-refractivity contribution in [1.82, 2.24) is 15.1 Å². The first kappa shape index (κ1) is 17.4. The van der Waals surface area contributed by atoms with E-state index in [0.29, 0.717) is 17.9 Å². The van der Waals surface area contributed by atoms with Gasteiger partial charge in [-0.1, -0.05) is 33.6 Å². The molecule has 20 heavy (non-hydrogen) atoms. The fourth-order valence-corrected chi connectivity index (χ4v) is 2.88. The zero-order valence-electron chi connectivity index (χ0n) is 14.1. The highest BCUT2D eigenvalue weighted by atomic mass is 16.2. The summed E-state index contributed by atoms with van der Waals surface area (Å²) in [5, 5.41) is 3.56. The quantitative estimate of drug-likeness (QED) is 0.742. The molecule has 1 heterocycles. The van der Waals surface area contributed by atoms with Gasteiger partial charge in [-0.25, -0.2) is 0 Å². The molecule has 4 heteroatoms. The van der Waals surface area contributed by atoms with Crippen molar-refractivity contribution in [2.75, 3.05) is 20.6 Å². The van der Waals surface area contributed by atoms with Gasteiger partial charge in [0.1, 0.15) is 0 Å². The molecule has 0 aromatic rings. The Kier molecular flexibility index (Phi) is 6.96. The number of nitrogens with zero attached hydrogens (tertiary/aromatic N) is 2. The van der Waals surface area contributed by atoms with Crippen LogP contribution < -0.4 is 5.32 Å². The average Bonchev–Trinajstić information content (AvgIpc) is 2.71. The third-order valence-corrected chi connectivity index (χ3v) is 4.17. The highest BCUT2D eigenvalue weighted by Crippen LogP contribution is 2.24. The predicted octanol–water partition coefficient (Wildman–Crippen LogP) is 2.30. The Morgan fingerprint density at radius 1 is 1.30 bits per heavy atom. The molecule has 0 spiro atoms. The van der Waals surface area contributed by atoms with Crippen LogP contribution in [0.3, 0.4) is 0 Å². The summed E-state index contributed by atoms with van der Waals surface area (Å²) in [7, 11) is 4.17. The number of carbonyl (C=O) groups is 1. The van der Waals surface area contributed by atoms with Gasteiger partial charge in [0, 0.05) is 6.04 Å². The summed E-state index contributed by atoms with van der Waals surface area (Å²) in [6.45, 7) is 9.77. The summed E-state index contributed by atoms with van der Waals surface area (Å²) in [5.74, 6) is 0.760. The molecule has 1 aliphatic rings. The maximum absolute atomic E-state index is 12.7. The number of rotatable bonds is 8. The Morgan fingerprint density at radius 3 is 2.45 bits per heavy atom. The minimum atomic E-state index is 0.0316. The van der Waals surface area contributed by atoms with Gasteiger partial charge in [0.2, 0.25) is 5.91 Å². The Bertz CT molecular complexity index is 304. The minimum Gasteiger partial charge on any atom is -0.323 e. The molecule has 4 nitrogen and oxygen atoms in total. The molecule has 0 aromatic carbocycles. The first-order chi connectivity index (χ1) is 9.38. The standard InChI is InChI=1S/C16H33N3O/c1-7-8-9-14-16(20)19(15(17-14)12(2)3)13(4)10-11-18(5)6/h12-15,17H,7-11H2,1-6H3. The Morgan fingerprint density at radius 2 is 1.95 bits per heavy atom. The smallest absolute Gasteiger partial charge is 0.241 e. The second kappa shape index (κ2) is 7.99. The van der Waals surface area contributed by atoms with E-state index in [1.54, 1.807) is 0 Å². The lowest BCUT2D eigenvalue weighted by Crippen LogP contribution is -2.47. The van der Waals surface area contributed by atoms with Crippen molar-refractivity contribution in [3.05, 3.63) is 0 Å². The minimum absolute atomic E-state index is 0.0316. The van der Waals surface area contributed by atoms with Crippen LogP contribution in [0.5, 0.6) is 0 Å². The van der Waals surface area contributed by atoms with Crippen LogP contribution in [0.1, 0.15) is 53.4 Å². The van der Waals surface area contributed by atoms with Crippen LogP contribution in [-0.4, -0.2) is 54.6 Å². The molecule has 1 fully saturated rings. The largest absolute Gasteiger partial charge is 0.323 e. The second-order valence-corrected chi connectivity index (χ2v) is 6.74. The molecule has 1 rings (SSSR count). The summed E-state index contributed by atoms with van der Waals surface area (Å²) in [6.07, 6.45) is 4.46. The number of carbonyl (C=O) groups excluding carboxylic acids is 1. The molecule has 1 amide bonds. The van der Waals surface area contributed by atoms with Crippen molar-refractivity contribution in [3.8, 4) is 0 Å². The summed E-state index contributed by atoms with van der Waals surface area (Å²) < 4.78 is 0. The summed E-state index contributed by atoms with van der Waals surface area (Å²) in [6, 6.07) is 0.334. The maximum atomic E-state index is 12.7. The Hall–Kier alpha value is -0.610. The third-order valence-electron chi connectivity index (χ3n) is 4.17. The van der Waals surface area contributed by atoms with Crippen molar-refractivity contribution >= 4 is 5.91 Å². The fourth-order valence-electron chi connectivity index (χ4n) is 2.88. The van der Waals surface area contributed by atoms with E-state index in [-0.39, 0.29) is 12.2 Å². The van der Waals surface area contributed by atoms with Crippen molar-refractivity contribution < 1.29 is 4.79 Å². The first-order valence-electron chi connectivity index (χ1n) is 8.11. The zero-order valence-corrected chi connectivity index (χ0v) is 14.1. The van der Waals surface area contributed by atoms with E-state index in [9.17, 15) is 4.79 Å². The summed E-state index contributed by atoms with van der Waals surface area (Å²) >= 11 is 0. The monoisotopic (exact) mass is 283 g/mol.